The Balaban J connectivity index is 2.18. The fourth-order valence-corrected chi connectivity index (χ4v) is 2.81. The number of likely N-dealkylation sites (N-methyl/N-ethyl adjacent to an activating group) is 1. The van der Waals surface area contributed by atoms with Crippen molar-refractivity contribution < 1.29 is 10.2 Å². The van der Waals surface area contributed by atoms with Gasteiger partial charge in [0.1, 0.15) is 0 Å². The number of hydrogen-bond donors (Lipinski definition) is 2. The molecule has 0 fully saturated rings. The molecule has 2 aromatic carbocycles. The standard InChI is InChI=1S/C19H25NO2/c1-20(13-8-14-21)15-18(22)19(16-9-4-2-5-10-16)17-11-6-3-7-12-17/h2-7,9-12,18-19,21-22H,8,13-15H2,1H3/t18-/m0/s1. The van der Waals surface area contributed by atoms with E-state index < -0.39 is 6.10 Å². The molecular formula is C19H25NO2. The molecule has 2 N–H and O–H groups in total. The molecule has 0 aromatic heterocycles. The number of rotatable bonds is 8. The van der Waals surface area contributed by atoms with Gasteiger partial charge < -0.3 is 15.1 Å². The molecule has 118 valence electrons. The SMILES string of the molecule is CN(CCCO)C[C@H](O)C(c1ccccc1)c1ccccc1. The van der Waals surface area contributed by atoms with Gasteiger partial charge in [-0.3, -0.25) is 0 Å². The van der Waals surface area contributed by atoms with Crippen molar-refractivity contribution in [2.45, 2.75) is 18.4 Å². The van der Waals surface area contributed by atoms with Crippen LogP contribution in [0.3, 0.4) is 0 Å². The second kappa shape index (κ2) is 8.69. The highest BCUT2D eigenvalue weighted by atomic mass is 16.3. The maximum Gasteiger partial charge on any atom is 0.0775 e. The Morgan fingerprint density at radius 2 is 1.41 bits per heavy atom. The van der Waals surface area contributed by atoms with E-state index in [-0.39, 0.29) is 12.5 Å². The van der Waals surface area contributed by atoms with E-state index in [1.165, 1.54) is 0 Å². The number of benzene rings is 2. The van der Waals surface area contributed by atoms with Crippen molar-refractivity contribution in [3.8, 4) is 0 Å². The van der Waals surface area contributed by atoms with Gasteiger partial charge in [0.05, 0.1) is 6.10 Å². The highest BCUT2D eigenvalue weighted by Gasteiger charge is 2.23. The van der Waals surface area contributed by atoms with Gasteiger partial charge in [-0.1, -0.05) is 60.7 Å². The molecule has 0 heterocycles. The lowest BCUT2D eigenvalue weighted by molar-refractivity contribution is 0.108. The summed E-state index contributed by atoms with van der Waals surface area (Å²) < 4.78 is 0. The first-order valence-corrected chi connectivity index (χ1v) is 7.79. The molecular weight excluding hydrogens is 274 g/mol. The van der Waals surface area contributed by atoms with E-state index >= 15 is 0 Å². The van der Waals surface area contributed by atoms with Crippen molar-refractivity contribution in [2.75, 3.05) is 26.7 Å². The van der Waals surface area contributed by atoms with Crippen LogP contribution in [-0.4, -0.2) is 48.0 Å². The van der Waals surface area contributed by atoms with Crippen molar-refractivity contribution in [1.29, 1.82) is 0 Å². The van der Waals surface area contributed by atoms with Crippen molar-refractivity contribution in [2.24, 2.45) is 0 Å². The van der Waals surface area contributed by atoms with Crippen LogP contribution in [0.25, 0.3) is 0 Å². The second-order valence-electron chi connectivity index (χ2n) is 5.71. The molecule has 0 aliphatic carbocycles. The van der Waals surface area contributed by atoms with Gasteiger partial charge in [-0.25, -0.2) is 0 Å². The zero-order chi connectivity index (χ0) is 15.8. The number of aliphatic hydroxyl groups excluding tert-OH is 2. The Morgan fingerprint density at radius 3 is 1.86 bits per heavy atom. The third-order valence-corrected chi connectivity index (χ3v) is 3.90. The molecule has 0 aliphatic heterocycles. The van der Waals surface area contributed by atoms with Gasteiger partial charge in [0, 0.05) is 25.6 Å². The summed E-state index contributed by atoms with van der Waals surface area (Å²) in [6, 6.07) is 20.3. The number of aliphatic hydroxyl groups is 2. The summed E-state index contributed by atoms with van der Waals surface area (Å²) >= 11 is 0. The van der Waals surface area contributed by atoms with Gasteiger partial charge >= 0.3 is 0 Å². The highest BCUT2D eigenvalue weighted by Crippen LogP contribution is 2.28. The topological polar surface area (TPSA) is 43.7 Å². The molecule has 0 radical (unpaired) electrons. The average molecular weight is 299 g/mol. The maximum atomic E-state index is 10.8. The molecule has 0 saturated heterocycles. The average Bonchev–Trinajstić information content (AvgIpc) is 2.55. The molecule has 3 nitrogen and oxygen atoms in total. The van der Waals surface area contributed by atoms with Gasteiger partial charge in [0.25, 0.3) is 0 Å². The van der Waals surface area contributed by atoms with Crippen LogP contribution in [0.4, 0.5) is 0 Å². The highest BCUT2D eigenvalue weighted by molar-refractivity contribution is 5.33. The zero-order valence-corrected chi connectivity index (χ0v) is 13.1. The first-order chi connectivity index (χ1) is 10.7. The lowest BCUT2D eigenvalue weighted by Crippen LogP contribution is -2.34. The summed E-state index contributed by atoms with van der Waals surface area (Å²) in [5, 5.41) is 19.7. The van der Waals surface area contributed by atoms with Gasteiger partial charge in [-0.15, -0.1) is 0 Å². The normalized spacial score (nSPS) is 12.8. The van der Waals surface area contributed by atoms with E-state index in [1.54, 1.807) is 0 Å². The lowest BCUT2D eigenvalue weighted by Gasteiger charge is -2.28. The molecule has 0 amide bonds. The van der Waals surface area contributed by atoms with E-state index in [0.717, 1.165) is 24.1 Å². The van der Waals surface area contributed by atoms with Gasteiger partial charge in [0.2, 0.25) is 0 Å². The minimum Gasteiger partial charge on any atom is -0.396 e. The van der Waals surface area contributed by atoms with Crippen LogP contribution in [0, 0.1) is 0 Å². The zero-order valence-electron chi connectivity index (χ0n) is 13.1. The second-order valence-corrected chi connectivity index (χ2v) is 5.71. The van der Waals surface area contributed by atoms with Crippen LogP contribution >= 0.6 is 0 Å². The summed E-state index contributed by atoms with van der Waals surface area (Å²) in [6.07, 6.45) is 0.235. The number of hydrogen-bond acceptors (Lipinski definition) is 3. The lowest BCUT2D eigenvalue weighted by atomic mass is 9.86. The van der Waals surface area contributed by atoms with E-state index in [2.05, 4.69) is 29.2 Å². The monoisotopic (exact) mass is 299 g/mol. The number of nitrogens with zero attached hydrogens (tertiary/aromatic N) is 1. The molecule has 1 atom stereocenters. The minimum atomic E-state index is -0.492. The predicted molar refractivity (Wildman–Crippen MR) is 89.9 cm³/mol. The fourth-order valence-electron chi connectivity index (χ4n) is 2.81. The molecule has 0 spiro atoms. The minimum absolute atomic E-state index is 0.0426. The van der Waals surface area contributed by atoms with E-state index in [9.17, 15) is 5.11 Å². The summed E-state index contributed by atoms with van der Waals surface area (Å²) in [7, 11) is 1.98. The van der Waals surface area contributed by atoms with Crippen LogP contribution in [0.1, 0.15) is 23.5 Å². The molecule has 0 aliphatic rings. The molecule has 22 heavy (non-hydrogen) atoms. The Bertz CT molecular complexity index is 490. The summed E-state index contributed by atoms with van der Waals surface area (Å²) in [4.78, 5) is 2.07. The molecule has 0 bridgehead atoms. The van der Waals surface area contributed by atoms with E-state index in [4.69, 9.17) is 5.11 Å². The van der Waals surface area contributed by atoms with E-state index in [0.29, 0.717) is 6.54 Å². The van der Waals surface area contributed by atoms with Crippen LogP contribution in [0.5, 0.6) is 0 Å². The van der Waals surface area contributed by atoms with Gasteiger partial charge in [0.15, 0.2) is 0 Å². The largest absolute Gasteiger partial charge is 0.396 e. The molecule has 2 aromatic rings. The van der Waals surface area contributed by atoms with Crippen LogP contribution in [0.15, 0.2) is 60.7 Å². The molecule has 0 unspecified atom stereocenters. The third-order valence-electron chi connectivity index (χ3n) is 3.90. The third kappa shape index (κ3) is 4.67. The smallest absolute Gasteiger partial charge is 0.0775 e. The quantitative estimate of drug-likeness (QED) is 0.787. The Morgan fingerprint density at radius 1 is 0.909 bits per heavy atom. The van der Waals surface area contributed by atoms with Crippen molar-refractivity contribution >= 4 is 0 Å². The van der Waals surface area contributed by atoms with Crippen molar-refractivity contribution in [3.05, 3.63) is 71.8 Å². The van der Waals surface area contributed by atoms with Gasteiger partial charge in [-0.2, -0.15) is 0 Å². The van der Waals surface area contributed by atoms with Crippen molar-refractivity contribution in [3.63, 3.8) is 0 Å². The Hall–Kier alpha value is -1.68. The van der Waals surface area contributed by atoms with Crippen LogP contribution in [0.2, 0.25) is 0 Å². The predicted octanol–water partition coefficient (Wildman–Crippen LogP) is 2.49. The van der Waals surface area contributed by atoms with Crippen LogP contribution in [-0.2, 0) is 0 Å². The van der Waals surface area contributed by atoms with Gasteiger partial charge in [-0.05, 0) is 24.6 Å². The first-order valence-electron chi connectivity index (χ1n) is 7.79. The van der Waals surface area contributed by atoms with E-state index in [1.807, 2.05) is 43.4 Å². The summed E-state index contributed by atoms with van der Waals surface area (Å²) in [6.45, 7) is 1.54. The molecule has 2 rings (SSSR count). The summed E-state index contributed by atoms with van der Waals surface area (Å²) in [5.74, 6) is -0.0426. The first kappa shape index (κ1) is 16.7. The Kier molecular flexibility index (Phi) is 6.59. The maximum absolute atomic E-state index is 10.8. The molecule has 0 saturated carbocycles. The molecule has 3 heteroatoms. The fraction of sp³-hybridized carbons (Fsp3) is 0.368. The summed E-state index contributed by atoms with van der Waals surface area (Å²) in [5.41, 5.74) is 2.24. The van der Waals surface area contributed by atoms with Crippen LogP contribution < -0.4 is 0 Å². The van der Waals surface area contributed by atoms with Crippen molar-refractivity contribution in [1.82, 2.24) is 4.90 Å². The Labute approximate surface area is 132 Å².